The summed E-state index contributed by atoms with van der Waals surface area (Å²) >= 11 is 6.08. The average Bonchev–Trinajstić information content (AvgIpc) is 2.62. The Kier molecular flexibility index (Phi) is 6.43. The van der Waals surface area contributed by atoms with Gasteiger partial charge >= 0.3 is 0 Å². The molecule has 0 unspecified atom stereocenters. The molecular weight excluding hydrogens is 338 g/mol. The van der Waals surface area contributed by atoms with Crippen LogP contribution in [0.15, 0.2) is 18.2 Å². The maximum atomic E-state index is 12.3. The van der Waals surface area contributed by atoms with Gasteiger partial charge in [0, 0.05) is 18.6 Å². The van der Waals surface area contributed by atoms with Crippen LogP contribution in [0.2, 0.25) is 5.02 Å². The zero-order valence-electron chi connectivity index (χ0n) is 15.0. The number of likely N-dealkylation sites (tertiary alicyclic amines) is 1. The van der Waals surface area contributed by atoms with Gasteiger partial charge < -0.3 is 19.9 Å². The van der Waals surface area contributed by atoms with Gasteiger partial charge in [-0.05, 0) is 57.1 Å². The Morgan fingerprint density at radius 2 is 2.12 bits per heavy atom. The molecule has 2 aliphatic heterocycles. The number of halogens is 1. The minimum Gasteiger partial charge on any atom is -0.489 e. The molecule has 0 spiro atoms. The van der Waals surface area contributed by atoms with Crippen molar-refractivity contribution in [1.82, 2.24) is 10.2 Å². The van der Waals surface area contributed by atoms with Crippen LogP contribution in [0.1, 0.15) is 32.1 Å². The van der Waals surface area contributed by atoms with E-state index in [1.165, 1.54) is 32.4 Å². The van der Waals surface area contributed by atoms with E-state index < -0.39 is 0 Å². The van der Waals surface area contributed by atoms with Gasteiger partial charge in [-0.3, -0.25) is 4.79 Å². The topological polar surface area (TPSA) is 44.8 Å². The molecule has 5 nitrogen and oxygen atoms in total. The second-order valence-corrected chi connectivity index (χ2v) is 7.43. The van der Waals surface area contributed by atoms with Crippen LogP contribution in [0.4, 0.5) is 5.69 Å². The van der Waals surface area contributed by atoms with Crippen LogP contribution in [0.25, 0.3) is 0 Å². The van der Waals surface area contributed by atoms with Crippen molar-refractivity contribution in [3.8, 4) is 5.75 Å². The Morgan fingerprint density at radius 1 is 1.32 bits per heavy atom. The molecule has 0 saturated carbocycles. The van der Waals surface area contributed by atoms with Gasteiger partial charge in [-0.2, -0.15) is 0 Å². The van der Waals surface area contributed by atoms with E-state index in [0.29, 0.717) is 18.1 Å². The fourth-order valence-corrected chi connectivity index (χ4v) is 3.74. The highest BCUT2D eigenvalue weighted by Gasteiger charge is 2.26. The summed E-state index contributed by atoms with van der Waals surface area (Å²) in [5.41, 5.74) is 0.946. The summed E-state index contributed by atoms with van der Waals surface area (Å²) < 4.78 is 5.78. The quantitative estimate of drug-likeness (QED) is 0.787. The SMILES string of the molecule is CN1c2cc(Cl)ccc2OC[C@H]1CC(=O)NCCCN1CCCCC1. The van der Waals surface area contributed by atoms with Gasteiger partial charge in [0.2, 0.25) is 5.91 Å². The molecule has 0 aliphatic carbocycles. The molecular formula is C19H28ClN3O2. The predicted octanol–water partition coefficient (Wildman–Crippen LogP) is 2.92. The monoisotopic (exact) mass is 365 g/mol. The molecule has 0 bridgehead atoms. The first-order chi connectivity index (χ1) is 12.1. The number of anilines is 1. The number of nitrogens with zero attached hydrogens (tertiary/aromatic N) is 2. The Balaban J connectivity index is 1.40. The first-order valence-corrected chi connectivity index (χ1v) is 9.65. The fraction of sp³-hybridized carbons (Fsp3) is 0.632. The van der Waals surface area contributed by atoms with Crippen LogP contribution >= 0.6 is 11.6 Å². The molecule has 3 rings (SSSR count). The molecule has 1 amide bonds. The van der Waals surface area contributed by atoms with E-state index in [4.69, 9.17) is 16.3 Å². The van der Waals surface area contributed by atoms with Crippen molar-refractivity contribution in [3.05, 3.63) is 23.2 Å². The van der Waals surface area contributed by atoms with E-state index in [-0.39, 0.29) is 11.9 Å². The molecule has 0 aromatic heterocycles. The molecule has 2 aliphatic rings. The second kappa shape index (κ2) is 8.77. The number of rotatable bonds is 6. The van der Waals surface area contributed by atoms with Gasteiger partial charge in [0.15, 0.2) is 0 Å². The maximum absolute atomic E-state index is 12.3. The van der Waals surface area contributed by atoms with E-state index in [1.54, 1.807) is 0 Å². The molecule has 1 N–H and O–H groups in total. The van der Waals surface area contributed by atoms with Gasteiger partial charge in [-0.1, -0.05) is 18.0 Å². The fourth-order valence-electron chi connectivity index (χ4n) is 3.58. The van der Waals surface area contributed by atoms with Crippen molar-refractivity contribution < 1.29 is 9.53 Å². The number of ether oxygens (including phenoxy) is 1. The third-order valence-electron chi connectivity index (χ3n) is 5.12. The first kappa shape index (κ1) is 18.3. The minimum atomic E-state index is 0.0352. The minimum absolute atomic E-state index is 0.0352. The van der Waals surface area contributed by atoms with Gasteiger partial charge in [-0.25, -0.2) is 0 Å². The zero-order valence-corrected chi connectivity index (χ0v) is 15.7. The lowest BCUT2D eigenvalue weighted by Gasteiger charge is -2.35. The van der Waals surface area contributed by atoms with Crippen molar-refractivity contribution in [2.45, 2.75) is 38.1 Å². The lowest BCUT2D eigenvalue weighted by atomic mass is 10.1. The number of carbonyl (C=O) groups is 1. The van der Waals surface area contributed by atoms with E-state index in [0.717, 1.165) is 30.9 Å². The largest absolute Gasteiger partial charge is 0.489 e. The standard InChI is InChI=1S/C19H28ClN3O2/c1-22-16(14-25-18-7-6-15(20)12-17(18)22)13-19(24)21-8-5-11-23-9-3-2-4-10-23/h6-7,12,16H,2-5,8-11,13-14H2,1H3,(H,21,24)/t16-/m1/s1. The van der Waals surface area contributed by atoms with Crippen LogP contribution in [-0.4, -0.2) is 56.7 Å². The number of nitrogens with one attached hydrogen (secondary N) is 1. The van der Waals surface area contributed by atoms with Crippen LogP contribution < -0.4 is 15.0 Å². The highest BCUT2D eigenvalue weighted by molar-refractivity contribution is 6.31. The molecule has 138 valence electrons. The smallest absolute Gasteiger partial charge is 0.222 e. The first-order valence-electron chi connectivity index (χ1n) is 9.28. The Hall–Kier alpha value is -1.46. The Bertz CT molecular complexity index is 590. The second-order valence-electron chi connectivity index (χ2n) is 7.00. The molecule has 1 atom stereocenters. The number of fused-ring (bicyclic) bond motifs is 1. The lowest BCUT2D eigenvalue weighted by molar-refractivity contribution is -0.121. The van der Waals surface area contributed by atoms with Crippen molar-refractivity contribution in [2.75, 3.05) is 44.7 Å². The summed E-state index contributed by atoms with van der Waals surface area (Å²) in [6, 6.07) is 5.63. The number of amides is 1. The normalized spacial score (nSPS) is 20.7. The van der Waals surface area contributed by atoms with Crippen LogP contribution in [0, 0.1) is 0 Å². The molecule has 1 aromatic carbocycles. The van der Waals surface area contributed by atoms with E-state index in [1.807, 2.05) is 25.2 Å². The molecule has 25 heavy (non-hydrogen) atoms. The highest BCUT2D eigenvalue weighted by atomic mass is 35.5. The summed E-state index contributed by atoms with van der Waals surface area (Å²) in [6.45, 7) is 4.76. The third kappa shape index (κ3) is 5.02. The highest BCUT2D eigenvalue weighted by Crippen LogP contribution is 2.35. The average molecular weight is 366 g/mol. The number of likely N-dealkylation sites (N-methyl/N-ethyl adjacent to an activating group) is 1. The predicted molar refractivity (Wildman–Crippen MR) is 102 cm³/mol. The van der Waals surface area contributed by atoms with Gasteiger partial charge in [0.25, 0.3) is 0 Å². The molecule has 1 fully saturated rings. The number of carbonyl (C=O) groups excluding carboxylic acids is 1. The molecule has 1 aromatic rings. The molecule has 1 saturated heterocycles. The van der Waals surface area contributed by atoms with Crippen molar-refractivity contribution in [3.63, 3.8) is 0 Å². The third-order valence-corrected chi connectivity index (χ3v) is 5.36. The lowest BCUT2D eigenvalue weighted by Crippen LogP contribution is -2.44. The van der Waals surface area contributed by atoms with Crippen LogP contribution in [0.3, 0.4) is 0 Å². The molecule has 6 heteroatoms. The summed E-state index contributed by atoms with van der Waals surface area (Å²) in [4.78, 5) is 16.8. The van der Waals surface area contributed by atoms with Crippen molar-refractivity contribution in [2.24, 2.45) is 0 Å². The van der Waals surface area contributed by atoms with Crippen molar-refractivity contribution >= 4 is 23.2 Å². The molecule has 2 heterocycles. The molecule has 0 radical (unpaired) electrons. The van der Waals surface area contributed by atoms with Crippen molar-refractivity contribution in [1.29, 1.82) is 0 Å². The number of hydrogen-bond acceptors (Lipinski definition) is 4. The maximum Gasteiger partial charge on any atom is 0.222 e. The van der Waals surface area contributed by atoms with Gasteiger partial charge in [0.1, 0.15) is 12.4 Å². The number of benzene rings is 1. The van der Waals surface area contributed by atoms with E-state index in [9.17, 15) is 4.79 Å². The van der Waals surface area contributed by atoms with Gasteiger partial charge in [0.05, 0.1) is 18.2 Å². The van der Waals surface area contributed by atoms with Crippen LogP contribution in [0.5, 0.6) is 5.75 Å². The Morgan fingerprint density at radius 3 is 2.92 bits per heavy atom. The summed E-state index contributed by atoms with van der Waals surface area (Å²) in [5, 5.41) is 3.73. The van der Waals surface area contributed by atoms with E-state index >= 15 is 0 Å². The number of piperidine rings is 1. The Labute approximate surface area is 155 Å². The number of hydrogen-bond donors (Lipinski definition) is 1. The summed E-state index contributed by atoms with van der Waals surface area (Å²) in [7, 11) is 1.99. The van der Waals surface area contributed by atoms with Gasteiger partial charge in [-0.15, -0.1) is 0 Å². The van der Waals surface area contributed by atoms with E-state index in [2.05, 4.69) is 15.1 Å². The summed E-state index contributed by atoms with van der Waals surface area (Å²) in [6.07, 6.45) is 5.43. The van der Waals surface area contributed by atoms with Crippen LogP contribution in [-0.2, 0) is 4.79 Å². The summed E-state index contributed by atoms with van der Waals surface area (Å²) in [5.74, 6) is 0.912. The zero-order chi connectivity index (χ0) is 17.6.